The number of nitrogen functional groups attached to an aromatic ring is 1. The van der Waals surface area contributed by atoms with Crippen LogP contribution >= 0.6 is 0 Å². The molecule has 1 saturated carbocycles. The molecule has 1 fully saturated rings. The fourth-order valence-electron chi connectivity index (χ4n) is 3.19. The number of carbonyl (C=O) groups is 2. The molecule has 0 spiro atoms. The van der Waals surface area contributed by atoms with E-state index in [-0.39, 0.29) is 36.4 Å². The van der Waals surface area contributed by atoms with E-state index in [4.69, 9.17) is 10.5 Å². The Morgan fingerprint density at radius 1 is 1.28 bits per heavy atom. The fraction of sp³-hybridized carbons (Fsp3) is 0.400. The third-order valence-corrected chi connectivity index (χ3v) is 5.03. The number of nitrogens with one attached hydrogen (secondary N) is 1. The molecule has 0 aliphatic heterocycles. The third-order valence-electron chi connectivity index (χ3n) is 5.03. The standard InChI is InChI=1S/C20H24N4O5/c1-3-23(15(25)11-29-19(27)14-9-12(14)2)16-17(21)24(20(28)22-18(16)26)10-13-7-5-4-6-8-13/h4-8,12,14H,3,9-11,21H2,1-2H3,(H,22,26,28)/t12-,14-/m1/s1. The van der Waals surface area contributed by atoms with E-state index in [2.05, 4.69) is 4.98 Å². The number of carbonyl (C=O) groups excluding carboxylic acids is 2. The van der Waals surface area contributed by atoms with E-state index < -0.39 is 29.7 Å². The number of rotatable bonds is 7. The van der Waals surface area contributed by atoms with E-state index in [1.54, 1.807) is 6.92 Å². The van der Waals surface area contributed by atoms with Gasteiger partial charge in [-0.05, 0) is 24.8 Å². The number of likely N-dealkylation sites (N-methyl/N-ethyl adjacent to an activating group) is 1. The topological polar surface area (TPSA) is 127 Å². The third kappa shape index (κ3) is 4.39. The molecule has 0 bridgehead atoms. The van der Waals surface area contributed by atoms with Crippen LogP contribution in [0.1, 0.15) is 25.8 Å². The number of ether oxygens (including phenoxy) is 1. The van der Waals surface area contributed by atoms with Gasteiger partial charge >= 0.3 is 11.7 Å². The summed E-state index contributed by atoms with van der Waals surface area (Å²) in [6.45, 7) is 3.35. The maximum Gasteiger partial charge on any atom is 0.330 e. The van der Waals surface area contributed by atoms with Crippen LogP contribution in [-0.4, -0.2) is 34.6 Å². The molecule has 154 valence electrons. The normalized spacial score (nSPS) is 17.6. The van der Waals surface area contributed by atoms with E-state index in [1.165, 1.54) is 4.57 Å². The van der Waals surface area contributed by atoms with Crippen molar-refractivity contribution < 1.29 is 14.3 Å². The molecule has 9 nitrogen and oxygen atoms in total. The monoisotopic (exact) mass is 400 g/mol. The lowest BCUT2D eigenvalue weighted by atomic mass is 10.2. The van der Waals surface area contributed by atoms with E-state index in [0.29, 0.717) is 0 Å². The average Bonchev–Trinajstić information content (AvgIpc) is 3.43. The van der Waals surface area contributed by atoms with Gasteiger partial charge in [0.15, 0.2) is 12.3 Å². The summed E-state index contributed by atoms with van der Waals surface area (Å²) in [4.78, 5) is 52.5. The van der Waals surface area contributed by atoms with Gasteiger partial charge in [-0.3, -0.25) is 23.9 Å². The summed E-state index contributed by atoms with van der Waals surface area (Å²) in [6, 6.07) is 9.12. The van der Waals surface area contributed by atoms with Crippen LogP contribution in [0.15, 0.2) is 39.9 Å². The number of hydrogen-bond acceptors (Lipinski definition) is 6. The highest BCUT2D eigenvalue weighted by atomic mass is 16.5. The van der Waals surface area contributed by atoms with Crippen molar-refractivity contribution in [3.63, 3.8) is 0 Å². The van der Waals surface area contributed by atoms with Gasteiger partial charge in [0.2, 0.25) is 0 Å². The first-order valence-corrected chi connectivity index (χ1v) is 9.47. The number of amides is 1. The van der Waals surface area contributed by atoms with Crippen LogP contribution in [0, 0.1) is 11.8 Å². The summed E-state index contributed by atoms with van der Waals surface area (Å²) in [6.07, 6.45) is 0.752. The number of aromatic amines is 1. The predicted molar refractivity (Wildman–Crippen MR) is 108 cm³/mol. The van der Waals surface area contributed by atoms with E-state index in [1.807, 2.05) is 37.3 Å². The molecule has 0 unspecified atom stereocenters. The Kier molecular flexibility index (Phi) is 5.86. The van der Waals surface area contributed by atoms with Crippen molar-refractivity contribution in [2.24, 2.45) is 11.8 Å². The molecule has 9 heteroatoms. The highest BCUT2D eigenvalue weighted by Crippen LogP contribution is 2.38. The summed E-state index contributed by atoms with van der Waals surface area (Å²) in [7, 11) is 0. The number of benzene rings is 1. The Morgan fingerprint density at radius 2 is 1.93 bits per heavy atom. The molecular formula is C20H24N4O5. The van der Waals surface area contributed by atoms with Gasteiger partial charge in [-0.15, -0.1) is 0 Å². The lowest BCUT2D eigenvalue weighted by Gasteiger charge is -2.23. The minimum atomic E-state index is -0.769. The second kappa shape index (κ2) is 8.34. The van der Waals surface area contributed by atoms with Gasteiger partial charge in [-0.1, -0.05) is 37.3 Å². The lowest BCUT2D eigenvalue weighted by Crippen LogP contribution is -2.42. The quantitative estimate of drug-likeness (QED) is 0.659. The molecule has 29 heavy (non-hydrogen) atoms. The zero-order valence-electron chi connectivity index (χ0n) is 16.4. The van der Waals surface area contributed by atoms with E-state index in [9.17, 15) is 19.2 Å². The lowest BCUT2D eigenvalue weighted by molar-refractivity contribution is -0.149. The number of aromatic nitrogens is 2. The van der Waals surface area contributed by atoms with Gasteiger partial charge in [0.25, 0.3) is 11.5 Å². The molecule has 3 N–H and O–H groups in total. The molecule has 1 aliphatic rings. The molecule has 1 amide bonds. The van der Waals surface area contributed by atoms with Crippen molar-refractivity contribution in [2.75, 3.05) is 23.8 Å². The van der Waals surface area contributed by atoms with Gasteiger partial charge in [-0.25, -0.2) is 4.79 Å². The molecule has 1 aromatic heterocycles. The van der Waals surface area contributed by atoms with Crippen LogP contribution in [0.25, 0.3) is 0 Å². The molecule has 1 aliphatic carbocycles. The number of esters is 1. The summed E-state index contributed by atoms with van der Waals surface area (Å²) in [5, 5.41) is 0. The van der Waals surface area contributed by atoms with Gasteiger partial charge in [0.1, 0.15) is 5.82 Å². The van der Waals surface area contributed by atoms with Gasteiger partial charge < -0.3 is 15.4 Å². The maximum atomic E-state index is 12.6. The zero-order valence-corrected chi connectivity index (χ0v) is 16.4. The molecule has 1 heterocycles. The summed E-state index contributed by atoms with van der Waals surface area (Å²) in [5.41, 5.74) is 5.35. The van der Waals surface area contributed by atoms with Gasteiger partial charge in [-0.2, -0.15) is 0 Å². The van der Waals surface area contributed by atoms with Crippen LogP contribution in [0.2, 0.25) is 0 Å². The second-order valence-electron chi connectivity index (χ2n) is 7.13. The molecule has 1 aromatic carbocycles. The van der Waals surface area contributed by atoms with Crippen LogP contribution < -0.4 is 21.9 Å². The Morgan fingerprint density at radius 3 is 2.52 bits per heavy atom. The molecule has 2 aromatic rings. The van der Waals surface area contributed by atoms with Gasteiger partial charge in [0.05, 0.1) is 12.5 Å². The van der Waals surface area contributed by atoms with Crippen LogP contribution in [0.4, 0.5) is 11.5 Å². The number of anilines is 2. The second-order valence-corrected chi connectivity index (χ2v) is 7.13. The minimum Gasteiger partial charge on any atom is -0.455 e. The molecule has 3 rings (SSSR count). The zero-order chi connectivity index (χ0) is 21.1. The number of H-pyrrole nitrogens is 1. The van der Waals surface area contributed by atoms with Crippen molar-refractivity contribution in [2.45, 2.75) is 26.8 Å². The minimum absolute atomic E-state index is 0.118. The predicted octanol–water partition coefficient (Wildman–Crippen LogP) is 0.719. The summed E-state index contributed by atoms with van der Waals surface area (Å²) in [5.74, 6) is -1.03. The smallest absolute Gasteiger partial charge is 0.330 e. The summed E-state index contributed by atoms with van der Waals surface area (Å²) >= 11 is 0. The number of nitrogens with two attached hydrogens (primary N) is 1. The van der Waals surface area contributed by atoms with Crippen molar-refractivity contribution in [3.05, 3.63) is 56.7 Å². The molecule has 0 radical (unpaired) electrons. The average molecular weight is 400 g/mol. The number of hydrogen-bond donors (Lipinski definition) is 2. The van der Waals surface area contributed by atoms with Crippen LogP contribution in [0.3, 0.4) is 0 Å². The van der Waals surface area contributed by atoms with Crippen molar-refractivity contribution in [3.8, 4) is 0 Å². The fourth-order valence-corrected chi connectivity index (χ4v) is 3.19. The molecule has 0 saturated heterocycles. The highest BCUT2D eigenvalue weighted by Gasteiger charge is 2.40. The van der Waals surface area contributed by atoms with Crippen molar-refractivity contribution in [1.29, 1.82) is 0 Å². The maximum absolute atomic E-state index is 12.6. The Hall–Kier alpha value is -3.36. The SMILES string of the molecule is CCN(C(=O)COC(=O)[C@@H]1C[C@H]1C)c1c(N)n(Cc2ccccc2)c(=O)[nH]c1=O. The molecular weight excluding hydrogens is 376 g/mol. The summed E-state index contributed by atoms with van der Waals surface area (Å²) < 4.78 is 6.27. The van der Waals surface area contributed by atoms with E-state index in [0.717, 1.165) is 16.9 Å². The highest BCUT2D eigenvalue weighted by molar-refractivity contribution is 5.97. The number of nitrogens with zero attached hydrogens (tertiary/aromatic N) is 2. The van der Waals surface area contributed by atoms with Crippen LogP contribution in [0.5, 0.6) is 0 Å². The first-order chi connectivity index (χ1) is 13.8. The largest absolute Gasteiger partial charge is 0.455 e. The first kappa shape index (κ1) is 20.4. The Balaban J connectivity index is 1.85. The van der Waals surface area contributed by atoms with Crippen LogP contribution in [-0.2, 0) is 20.9 Å². The molecule has 2 atom stereocenters. The Labute approximate surface area is 167 Å². The van der Waals surface area contributed by atoms with Crippen molar-refractivity contribution in [1.82, 2.24) is 9.55 Å². The van der Waals surface area contributed by atoms with Gasteiger partial charge in [0, 0.05) is 6.54 Å². The first-order valence-electron chi connectivity index (χ1n) is 9.47. The van der Waals surface area contributed by atoms with E-state index >= 15 is 0 Å². The van der Waals surface area contributed by atoms with Crippen molar-refractivity contribution >= 4 is 23.4 Å². The Bertz CT molecular complexity index is 1030.